The third kappa shape index (κ3) is 6.66. The summed E-state index contributed by atoms with van der Waals surface area (Å²) in [4.78, 5) is 4.20. The van der Waals surface area contributed by atoms with Gasteiger partial charge in [-0.05, 0) is 19.1 Å². The van der Waals surface area contributed by atoms with Crippen LogP contribution >= 0.6 is 11.8 Å². The first-order valence-electron chi connectivity index (χ1n) is 5.51. The molecule has 0 heterocycles. The van der Waals surface area contributed by atoms with Crippen molar-refractivity contribution >= 4 is 17.7 Å². The van der Waals surface area contributed by atoms with Crippen molar-refractivity contribution < 1.29 is 0 Å². The molecule has 0 aromatic carbocycles. The number of thioether (sulfide) groups is 1. The minimum Gasteiger partial charge on any atom is -0.355 e. The molecular weight excluding hydrogens is 206 g/mol. The van der Waals surface area contributed by atoms with Gasteiger partial charge in [-0.15, -0.1) is 0 Å². The Morgan fingerprint density at radius 2 is 1.87 bits per heavy atom. The Bertz CT molecular complexity index is 192. The average Bonchev–Trinajstić information content (AvgIpc) is 2.22. The summed E-state index contributed by atoms with van der Waals surface area (Å²) in [6.45, 7) is 9.74. The summed E-state index contributed by atoms with van der Waals surface area (Å²) in [5.41, 5.74) is 0. The van der Waals surface area contributed by atoms with E-state index in [0.717, 1.165) is 12.5 Å². The molecule has 4 heteroatoms. The van der Waals surface area contributed by atoms with Crippen LogP contribution < -0.4 is 10.6 Å². The summed E-state index contributed by atoms with van der Waals surface area (Å²) in [5.74, 6) is 1.51. The van der Waals surface area contributed by atoms with Crippen LogP contribution in [0.1, 0.15) is 27.7 Å². The largest absolute Gasteiger partial charge is 0.355 e. The standard InChI is InChI=1S/C11H25N3S/c1-8(2)10(4)14-11(12-5)13-7-9(3)15-6/h8-10H,7H2,1-6H3,(H2,12,13,14). The van der Waals surface area contributed by atoms with Gasteiger partial charge in [0.25, 0.3) is 0 Å². The van der Waals surface area contributed by atoms with Crippen molar-refractivity contribution in [2.75, 3.05) is 19.8 Å². The Hall–Kier alpha value is -0.380. The van der Waals surface area contributed by atoms with E-state index in [0.29, 0.717) is 17.2 Å². The number of nitrogens with zero attached hydrogens (tertiary/aromatic N) is 1. The molecule has 0 fully saturated rings. The predicted octanol–water partition coefficient (Wildman–Crippen LogP) is 1.95. The van der Waals surface area contributed by atoms with Gasteiger partial charge < -0.3 is 10.6 Å². The third-order valence-corrected chi connectivity index (χ3v) is 3.52. The highest BCUT2D eigenvalue weighted by atomic mass is 32.2. The van der Waals surface area contributed by atoms with E-state index in [1.54, 1.807) is 0 Å². The molecule has 0 rings (SSSR count). The maximum atomic E-state index is 4.20. The van der Waals surface area contributed by atoms with Crippen molar-refractivity contribution in [3.8, 4) is 0 Å². The molecule has 15 heavy (non-hydrogen) atoms. The molecule has 90 valence electrons. The normalized spacial score (nSPS) is 16.3. The van der Waals surface area contributed by atoms with Gasteiger partial charge in [0.05, 0.1) is 0 Å². The highest BCUT2D eigenvalue weighted by Crippen LogP contribution is 2.03. The molecule has 0 bridgehead atoms. The number of guanidine groups is 1. The molecule has 0 aliphatic carbocycles. The lowest BCUT2D eigenvalue weighted by atomic mass is 10.1. The smallest absolute Gasteiger partial charge is 0.191 e. The maximum absolute atomic E-state index is 4.20. The molecular formula is C11H25N3S. The Morgan fingerprint density at radius 1 is 1.27 bits per heavy atom. The van der Waals surface area contributed by atoms with Gasteiger partial charge >= 0.3 is 0 Å². The van der Waals surface area contributed by atoms with Gasteiger partial charge in [-0.2, -0.15) is 11.8 Å². The van der Waals surface area contributed by atoms with E-state index in [-0.39, 0.29) is 0 Å². The fraction of sp³-hybridized carbons (Fsp3) is 0.909. The molecule has 0 aromatic heterocycles. The van der Waals surface area contributed by atoms with Crippen molar-refractivity contribution in [3.05, 3.63) is 0 Å². The van der Waals surface area contributed by atoms with Crippen LogP contribution in [0.4, 0.5) is 0 Å². The Kier molecular flexibility index (Phi) is 7.65. The average molecular weight is 231 g/mol. The number of hydrogen-bond acceptors (Lipinski definition) is 2. The summed E-state index contributed by atoms with van der Waals surface area (Å²) >= 11 is 1.86. The van der Waals surface area contributed by atoms with E-state index >= 15 is 0 Å². The summed E-state index contributed by atoms with van der Waals surface area (Å²) in [6, 6.07) is 0.445. The quantitative estimate of drug-likeness (QED) is 0.561. The first-order chi connectivity index (χ1) is 7.01. The molecule has 0 aliphatic rings. The van der Waals surface area contributed by atoms with Crippen molar-refractivity contribution in [2.24, 2.45) is 10.9 Å². The topological polar surface area (TPSA) is 36.4 Å². The lowest BCUT2D eigenvalue weighted by molar-refractivity contribution is 0.481. The van der Waals surface area contributed by atoms with Gasteiger partial charge in [0, 0.05) is 24.9 Å². The van der Waals surface area contributed by atoms with Crippen LogP contribution in [0, 0.1) is 5.92 Å². The van der Waals surface area contributed by atoms with E-state index in [4.69, 9.17) is 0 Å². The molecule has 2 atom stereocenters. The minimum absolute atomic E-state index is 0.445. The Balaban J connectivity index is 3.95. The maximum Gasteiger partial charge on any atom is 0.191 e. The fourth-order valence-electron chi connectivity index (χ4n) is 0.901. The van der Waals surface area contributed by atoms with E-state index in [2.05, 4.69) is 49.6 Å². The number of nitrogens with one attached hydrogen (secondary N) is 2. The van der Waals surface area contributed by atoms with Crippen LogP contribution in [0.15, 0.2) is 4.99 Å². The van der Waals surface area contributed by atoms with Crippen LogP contribution in [-0.4, -0.2) is 37.1 Å². The summed E-state index contributed by atoms with van der Waals surface area (Å²) < 4.78 is 0. The van der Waals surface area contributed by atoms with Gasteiger partial charge in [0.15, 0.2) is 5.96 Å². The van der Waals surface area contributed by atoms with Gasteiger partial charge in [-0.1, -0.05) is 20.8 Å². The number of aliphatic imine (C=N–C) groups is 1. The monoisotopic (exact) mass is 231 g/mol. The molecule has 0 radical (unpaired) electrons. The molecule has 0 aliphatic heterocycles. The van der Waals surface area contributed by atoms with Crippen molar-refractivity contribution in [2.45, 2.75) is 39.0 Å². The summed E-state index contributed by atoms with van der Waals surface area (Å²) in [7, 11) is 1.81. The van der Waals surface area contributed by atoms with Crippen LogP contribution in [0.25, 0.3) is 0 Å². The lowest BCUT2D eigenvalue weighted by Crippen LogP contribution is -2.45. The molecule has 0 aromatic rings. The number of rotatable bonds is 5. The third-order valence-electron chi connectivity index (χ3n) is 2.55. The summed E-state index contributed by atoms with van der Waals surface area (Å²) in [6.07, 6.45) is 2.12. The first kappa shape index (κ1) is 14.6. The molecule has 2 unspecified atom stereocenters. The van der Waals surface area contributed by atoms with Gasteiger partial charge in [0.2, 0.25) is 0 Å². The molecule has 0 saturated heterocycles. The molecule has 0 amide bonds. The Morgan fingerprint density at radius 3 is 2.27 bits per heavy atom. The second-order valence-corrected chi connectivity index (χ2v) is 5.45. The molecule has 0 spiro atoms. The van der Waals surface area contributed by atoms with E-state index in [9.17, 15) is 0 Å². The fourth-order valence-corrected chi connectivity index (χ4v) is 1.15. The number of hydrogen-bond donors (Lipinski definition) is 2. The van der Waals surface area contributed by atoms with Crippen LogP contribution in [0.2, 0.25) is 0 Å². The minimum atomic E-state index is 0.445. The zero-order chi connectivity index (χ0) is 11.8. The highest BCUT2D eigenvalue weighted by molar-refractivity contribution is 7.99. The summed E-state index contributed by atoms with van der Waals surface area (Å²) in [5, 5.41) is 7.31. The predicted molar refractivity (Wildman–Crippen MR) is 71.8 cm³/mol. The SMILES string of the molecule is CN=C(NCC(C)SC)NC(C)C(C)C. The van der Waals surface area contributed by atoms with Crippen molar-refractivity contribution in [1.82, 2.24) is 10.6 Å². The molecule has 3 nitrogen and oxygen atoms in total. The van der Waals surface area contributed by atoms with Gasteiger partial charge in [-0.3, -0.25) is 4.99 Å². The second kappa shape index (κ2) is 7.85. The zero-order valence-electron chi connectivity index (χ0n) is 10.8. The van der Waals surface area contributed by atoms with Crippen LogP contribution in [-0.2, 0) is 0 Å². The molecule has 0 saturated carbocycles. The van der Waals surface area contributed by atoms with E-state index in [1.165, 1.54) is 0 Å². The first-order valence-corrected chi connectivity index (χ1v) is 6.80. The van der Waals surface area contributed by atoms with Crippen molar-refractivity contribution in [3.63, 3.8) is 0 Å². The van der Waals surface area contributed by atoms with Crippen LogP contribution in [0.3, 0.4) is 0 Å². The van der Waals surface area contributed by atoms with Gasteiger partial charge in [-0.25, -0.2) is 0 Å². The van der Waals surface area contributed by atoms with E-state index in [1.807, 2.05) is 18.8 Å². The highest BCUT2D eigenvalue weighted by Gasteiger charge is 2.09. The second-order valence-electron chi connectivity index (χ2n) is 4.18. The van der Waals surface area contributed by atoms with E-state index < -0.39 is 0 Å². The Labute approximate surface area is 98.5 Å². The van der Waals surface area contributed by atoms with Gasteiger partial charge in [0.1, 0.15) is 0 Å². The van der Waals surface area contributed by atoms with Crippen LogP contribution in [0.5, 0.6) is 0 Å². The van der Waals surface area contributed by atoms with Crippen molar-refractivity contribution in [1.29, 1.82) is 0 Å². The lowest BCUT2D eigenvalue weighted by Gasteiger charge is -2.21. The zero-order valence-corrected chi connectivity index (χ0v) is 11.6. The molecule has 2 N–H and O–H groups in total.